The predicted octanol–water partition coefficient (Wildman–Crippen LogP) is 3.48. The fraction of sp³-hybridized carbons (Fsp3) is 0.967. The summed E-state index contributed by atoms with van der Waals surface area (Å²) < 4.78 is 5.54. The van der Waals surface area contributed by atoms with Crippen LogP contribution in [0.1, 0.15) is 124 Å². The maximum atomic E-state index is 11.6. The number of amides is 1. The van der Waals surface area contributed by atoms with E-state index < -0.39 is 30.6 Å². The van der Waals surface area contributed by atoms with Crippen molar-refractivity contribution in [2.24, 2.45) is 11.7 Å². The molecule has 0 saturated carbocycles. The van der Waals surface area contributed by atoms with Crippen molar-refractivity contribution >= 4 is 5.91 Å². The number of carbonyl (C=O) groups excluding carboxylic acids is 1. The number of ether oxygens (including phenoxy) is 1. The highest BCUT2D eigenvalue weighted by molar-refractivity contribution is 5.79. The van der Waals surface area contributed by atoms with Crippen molar-refractivity contribution in [1.82, 2.24) is 21.3 Å². The molecular formula is C30H63N5O4. The van der Waals surface area contributed by atoms with Gasteiger partial charge in [-0.15, -0.1) is 0 Å². The van der Waals surface area contributed by atoms with Crippen LogP contribution in [0.5, 0.6) is 0 Å². The van der Waals surface area contributed by atoms with Gasteiger partial charge >= 0.3 is 0 Å². The van der Waals surface area contributed by atoms with Crippen molar-refractivity contribution in [1.29, 1.82) is 0 Å². The molecule has 232 valence electrons. The molecule has 0 aromatic rings. The number of hydrogen-bond acceptors (Lipinski definition) is 8. The maximum absolute atomic E-state index is 11.6. The van der Waals surface area contributed by atoms with Crippen molar-refractivity contribution in [3.63, 3.8) is 0 Å². The molecule has 0 aromatic heterocycles. The van der Waals surface area contributed by atoms with Gasteiger partial charge in [-0.2, -0.15) is 0 Å². The Morgan fingerprint density at radius 1 is 0.949 bits per heavy atom. The average Bonchev–Trinajstić information content (AvgIpc) is 3.40. The molecule has 9 nitrogen and oxygen atoms in total. The third-order valence-corrected chi connectivity index (χ3v) is 7.77. The van der Waals surface area contributed by atoms with Crippen LogP contribution in [-0.4, -0.2) is 72.6 Å². The highest BCUT2D eigenvalue weighted by atomic mass is 16.6. The van der Waals surface area contributed by atoms with Gasteiger partial charge in [0.05, 0.1) is 6.04 Å². The zero-order valence-corrected chi connectivity index (χ0v) is 25.6. The lowest BCUT2D eigenvalue weighted by atomic mass is 10.0. The molecule has 6 atom stereocenters. The largest absolute Gasteiger partial charge is 0.379 e. The van der Waals surface area contributed by atoms with Gasteiger partial charge in [0.15, 0.2) is 6.29 Å². The maximum Gasteiger partial charge on any atom is 0.246 e. The summed E-state index contributed by atoms with van der Waals surface area (Å²) in [5.74, 6) is -0.702. The molecule has 1 aliphatic rings. The van der Waals surface area contributed by atoms with Gasteiger partial charge in [-0.25, -0.2) is 0 Å². The van der Waals surface area contributed by atoms with E-state index in [-0.39, 0.29) is 12.0 Å². The summed E-state index contributed by atoms with van der Waals surface area (Å²) in [4.78, 5) is 11.6. The number of hydrogen-bond donors (Lipinski definition) is 7. The zero-order valence-electron chi connectivity index (χ0n) is 25.6. The van der Waals surface area contributed by atoms with Crippen molar-refractivity contribution in [3.8, 4) is 0 Å². The molecule has 1 aliphatic heterocycles. The molecule has 1 rings (SSSR count). The normalized spacial score (nSPS) is 19.7. The highest BCUT2D eigenvalue weighted by Crippen LogP contribution is 2.14. The fourth-order valence-electron chi connectivity index (χ4n) is 5.22. The molecule has 6 unspecified atom stereocenters. The van der Waals surface area contributed by atoms with Crippen LogP contribution in [0.15, 0.2) is 0 Å². The number of nitrogens with one attached hydrogen (secondary N) is 4. The van der Waals surface area contributed by atoms with Gasteiger partial charge in [0, 0.05) is 31.8 Å². The van der Waals surface area contributed by atoms with Crippen molar-refractivity contribution in [3.05, 3.63) is 0 Å². The summed E-state index contributed by atoms with van der Waals surface area (Å²) in [6.07, 6.45) is 16.1. The van der Waals surface area contributed by atoms with Crippen molar-refractivity contribution < 1.29 is 19.7 Å². The molecule has 1 fully saturated rings. The molecule has 0 spiro atoms. The van der Waals surface area contributed by atoms with Gasteiger partial charge in [0.2, 0.25) is 5.91 Å². The second kappa shape index (κ2) is 22.8. The van der Waals surface area contributed by atoms with Crippen LogP contribution in [0.2, 0.25) is 0 Å². The number of carbonyl (C=O) groups is 1. The number of nitrogens with two attached hydrogens (primary N) is 1. The van der Waals surface area contributed by atoms with E-state index in [0.29, 0.717) is 12.6 Å². The second-order valence-electron chi connectivity index (χ2n) is 12.0. The van der Waals surface area contributed by atoms with E-state index >= 15 is 0 Å². The van der Waals surface area contributed by atoms with Gasteiger partial charge in [0.1, 0.15) is 12.3 Å². The Morgan fingerprint density at radius 3 is 2.00 bits per heavy atom. The third-order valence-electron chi connectivity index (χ3n) is 7.77. The standard InChI is InChI=1S/C30H63N5O4/c1-5-6-7-8-9-10-11-12-13-14-15-16-17-18-27(36)35-26(19-25-20-32-22-34-25)21-33-24(4)30(38)39-28(23(2)3)29(31)37/h23-28,30,32-36,38H,5-22H2,1-4H3,(H2,31,37). The van der Waals surface area contributed by atoms with Gasteiger partial charge in [-0.05, 0) is 32.1 Å². The van der Waals surface area contributed by atoms with Crippen LogP contribution in [0.3, 0.4) is 0 Å². The van der Waals surface area contributed by atoms with Crippen LogP contribution < -0.4 is 27.0 Å². The van der Waals surface area contributed by atoms with E-state index in [0.717, 1.165) is 38.9 Å². The molecule has 39 heavy (non-hydrogen) atoms. The summed E-state index contributed by atoms with van der Waals surface area (Å²) in [6.45, 7) is 9.99. The van der Waals surface area contributed by atoms with Gasteiger partial charge < -0.3 is 36.6 Å². The summed E-state index contributed by atoms with van der Waals surface area (Å²) in [5, 5.41) is 34.6. The number of aliphatic hydroxyl groups is 2. The first kappa shape index (κ1) is 36.2. The third kappa shape index (κ3) is 18.3. The molecule has 0 radical (unpaired) electrons. The Kier molecular flexibility index (Phi) is 21.2. The zero-order chi connectivity index (χ0) is 28.9. The van der Waals surface area contributed by atoms with Gasteiger partial charge in [0.25, 0.3) is 0 Å². The SMILES string of the molecule is CCCCCCCCCCCCCCCC(O)NC(CNC(C)C(O)OC(C(N)=O)C(C)C)CC1CNCN1. The number of rotatable bonds is 26. The van der Waals surface area contributed by atoms with E-state index in [1.807, 2.05) is 20.8 Å². The first-order valence-corrected chi connectivity index (χ1v) is 16.0. The molecule has 1 saturated heterocycles. The molecule has 1 heterocycles. The minimum absolute atomic E-state index is 0.0195. The first-order chi connectivity index (χ1) is 18.7. The van der Waals surface area contributed by atoms with E-state index in [9.17, 15) is 15.0 Å². The predicted molar refractivity (Wildman–Crippen MR) is 160 cm³/mol. The summed E-state index contributed by atoms with van der Waals surface area (Å²) in [7, 11) is 0. The molecule has 1 amide bonds. The van der Waals surface area contributed by atoms with Gasteiger partial charge in [-0.1, -0.05) is 97.8 Å². The molecular weight excluding hydrogens is 494 g/mol. The van der Waals surface area contributed by atoms with E-state index in [1.165, 1.54) is 70.6 Å². The quantitative estimate of drug-likeness (QED) is 0.0633. The van der Waals surface area contributed by atoms with E-state index in [2.05, 4.69) is 28.2 Å². The van der Waals surface area contributed by atoms with Gasteiger partial charge in [-0.3, -0.25) is 10.1 Å². The minimum atomic E-state index is -1.16. The molecule has 0 aromatic carbocycles. The van der Waals surface area contributed by atoms with E-state index in [4.69, 9.17) is 10.5 Å². The molecule has 0 aliphatic carbocycles. The molecule has 8 N–H and O–H groups in total. The van der Waals surface area contributed by atoms with Crippen LogP contribution in [-0.2, 0) is 9.53 Å². The Hall–Kier alpha value is -0.810. The second-order valence-corrected chi connectivity index (χ2v) is 12.0. The number of aliphatic hydroxyl groups excluding tert-OH is 2. The lowest BCUT2D eigenvalue weighted by molar-refractivity contribution is -0.173. The fourth-order valence-corrected chi connectivity index (χ4v) is 5.22. The van der Waals surface area contributed by atoms with Crippen LogP contribution in [0, 0.1) is 5.92 Å². The molecule has 0 bridgehead atoms. The Bertz CT molecular complexity index is 592. The Balaban J connectivity index is 2.27. The minimum Gasteiger partial charge on any atom is -0.379 e. The first-order valence-electron chi connectivity index (χ1n) is 16.0. The Labute approximate surface area is 239 Å². The summed E-state index contributed by atoms with van der Waals surface area (Å²) in [6, 6.07) is -0.0571. The highest BCUT2D eigenvalue weighted by Gasteiger charge is 2.27. The number of primary amides is 1. The topological polar surface area (TPSA) is 141 Å². The number of unbranched alkanes of at least 4 members (excludes halogenated alkanes) is 12. The smallest absolute Gasteiger partial charge is 0.246 e. The lowest BCUT2D eigenvalue weighted by Gasteiger charge is -2.29. The molecule has 9 heteroatoms. The lowest BCUT2D eigenvalue weighted by Crippen LogP contribution is -2.52. The summed E-state index contributed by atoms with van der Waals surface area (Å²) in [5.41, 5.74) is 5.42. The average molecular weight is 558 g/mol. The van der Waals surface area contributed by atoms with Crippen molar-refractivity contribution in [2.45, 2.75) is 161 Å². The van der Waals surface area contributed by atoms with E-state index in [1.54, 1.807) is 0 Å². The monoisotopic (exact) mass is 557 g/mol. The van der Waals surface area contributed by atoms with Crippen LogP contribution in [0.4, 0.5) is 0 Å². The Morgan fingerprint density at radius 2 is 1.51 bits per heavy atom. The summed E-state index contributed by atoms with van der Waals surface area (Å²) >= 11 is 0. The van der Waals surface area contributed by atoms with Crippen LogP contribution >= 0.6 is 0 Å². The van der Waals surface area contributed by atoms with Crippen LogP contribution in [0.25, 0.3) is 0 Å². The van der Waals surface area contributed by atoms with Crippen molar-refractivity contribution in [2.75, 3.05) is 19.8 Å².